The predicted octanol–water partition coefficient (Wildman–Crippen LogP) is 1.90. The lowest BCUT2D eigenvalue weighted by Crippen LogP contribution is -2.31. The monoisotopic (exact) mass is 204 g/mol. The zero-order valence-electron chi connectivity index (χ0n) is 8.73. The van der Waals surface area contributed by atoms with Crippen molar-refractivity contribution < 1.29 is 9.59 Å². The Morgan fingerprint density at radius 1 is 1.40 bits per heavy atom. The summed E-state index contributed by atoms with van der Waals surface area (Å²) >= 11 is 0. The molecule has 15 heavy (non-hydrogen) atoms. The van der Waals surface area contributed by atoms with Crippen LogP contribution < -0.4 is 0 Å². The van der Waals surface area contributed by atoms with Gasteiger partial charge >= 0.3 is 0 Å². The van der Waals surface area contributed by atoms with Crippen LogP contribution in [0, 0.1) is 5.92 Å². The van der Waals surface area contributed by atoms with Crippen molar-refractivity contribution in [2.75, 3.05) is 0 Å². The van der Waals surface area contributed by atoms with Crippen LogP contribution in [0.2, 0.25) is 0 Å². The third kappa shape index (κ3) is 2.38. The Hall–Kier alpha value is -1.76. The van der Waals surface area contributed by atoms with Crippen LogP contribution in [0.1, 0.15) is 20.3 Å². The van der Waals surface area contributed by atoms with Gasteiger partial charge in [0.15, 0.2) is 0 Å². The van der Waals surface area contributed by atoms with Gasteiger partial charge in [-0.2, -0.15) is 9.98 Å². The zero-order chi connectivity index (χ0) is 11.3. The number of allylic oxidation sites excluding steroid dienone is 1. The molecule has 1 aliphatic rings. The lowest BCUT2D eigenvalue weighted by Gasteiger charge is -2.29. The summed E-state index contributed by atoms with van der Waals surface area (Å²) in [5.74, 6) is 0.188. The van der Waals surface area contributed by atoms with Gasteiger partial charge in [-0.3, -0.25) is 0 Å². The Bertz CT molecular complexity index is 397. The molecule has 0 heterocycles. The third-order valence-corrected chi connectivity index (χ3v) is 2.61. The quantitative estimate of drug-likeness (QED) is 0.520. The van der Waals surface area contributed by atoms with E-state index in [1.54, 1.807) is 24.3 Å². The van der Waals surface area contributed by atoms with E-state index in [2.05, 4.69) is 9.98 Å². The molecule has 0 saturated carbocycles. The summed E-state index contributed by atoms with van der Waals surface area (Å²) in [6, 6.07) is 0. The van der Waals surface area contributed by atoms with Crippen LogP contribution in [0.25, 0.3) is 0 Å². The van der Waals surface area contributed by atoms with Crippen LogP contribution in [0.5, 0.6) is 0 Å². The highest BCUT2D eigenvalue weighted by Gasteiger charge is 2.31. The Labute approximate surface area is 88.1 Å². The highest BCUT2D eigenvalue weighted by molar-refractivity contribution is 5.43. The molecular formula is C11H12N2O2. The molecule has 4 heteroatoms. The van der Waals surface area contributed by atoms with E-state index < -0.39 is 5.54 Å². The summed E-state index contributed by atoms with van der Waals surface area (Å²) in [6.07, 6.45) is 8.85. The number of isocyanates is 2. The maximum atomic E-state index is 10.4. The summed E-state index contributed by atoms with van der Waals surface area (Å²) in [5.41, 5.74) is 0.0197. The lowest BCUT2D eigenvalue weighted by molar-refractivity contribution is 0.384. The largest absolute Gasteiger partial charge is 0.240 e. The summed E-state index contributed by atoms with van der Waals surface area (Å²) in [5, 5.41) is 0. The van der Waals surface area contributed by atoms with Crippen molar-refractivity contribution in [3.63, 3.8) is 0 Å². The van der Waals surface area contributed by atoms with Gasteiger partial charge < -0.3 is 0 Å². The average Bonchev–Trinajstić information content (AvgIpc) is 2.21. The first-order valence-corrected chi connectivity index (χ1v) is 4.71. The Morgan fingerprint density at radius 2 is 2.13 bits per heavy atom. The molecule has 0 fully saturated rings. The first-order chi connectivity index (χ1) is 7.14. The predicted molar refractivity (Wildman–Crippen MR) is 55.7 cm³/mol. The highest BCUT2D eigenvalue weighted by Crippen LogP contribution is 2.32. The third-order valence-electron chi connectivity index (χ3n) is 2.61. The second kappa shape index (κ2) is 4.65. The van der Waals surface area contributed by atoms with Gasteiger partial charge in [0.2, 0.25) is 12.2 Å². The van der Waals surface area contributed by atoms with Crippen LogP contribution >= 0.6 is 0 Å². The van der Waals surface area contributed by atoms with Crippen molar-refractivity contribution in [1.29, 1.82) is 0 Å². The van der Waals surface area contributed by atoms with Crippen LogP contribution in [0.3, 0.4) is 0 Å². The maximum absolute atomic E-state index is 10.4. The van der Waals surface area contributed by atoms with Crippen LogP contribution in [-0.2, 0) is 9.59 Å². The molecule has 0 aliphatic heterocycles. The molecule has 0 radical (unpaired) electrons. The van der Waals surface area contributed by atoms with Gasteiger partial charge in [-0.15, -0.1) is 0 Å². The highest BCUT2D eigenvalue weighted by atomic mass is 16.1. The summed E-state index contributed by atoms with van der Waals surface area (Å²) in [7, 11) is 0. The molecule has 78 valence electrons. The van der Waals surface area contributed by atoms with E-state index in [4.69, 9.17) is 0 Å². The minimum Gasteiger partial charge on any atom is -0.211 e. The smallest absolute Gasteiger partial charge is 0.211 e. The summed E-state index contributed by atoms with van der Waals surface area (Å²) in [4.78, 5) is 27.7. The number of aliphatic imine (C=N–C) groups is 2. The van der Waals surface area contributed by atoms with Crippen LogP contribution in [0.4, 0.5) is 0 Å². The van der Waals surface area contributed by atoms with Crippen molar-refractivity contribution in [2.24, 2.45) is 15.9 Å². The van der Waals surface area contributed by atoms with E-state index in [0.717, 1.165) is 0 Å². The second-order valence-electron chi connectivity index (χ2n) is 3.72. The zero-order valence-corrected chi connectivity index (χ0v) is 8.73. The SMILES string of the molecule is CC(C)C1(N=C=O)C=CC(N=C=O)=CC1. The minimum atomic E-state index is -0.538. The molecule has 4 nitrogen and oxygen atoms in total. The van der Waals surface area contributed by atoms with E-state index in [1.807, 2.05) is 13.8 Å². The molecule has 0 aromatic heterocycles. The van der Waals surface area contributed by atoms with Gasteiger partial charge in [-0.25, -0.2) is 9.59 Å². The van der Waals surface area contributed by atoms with Crippen LogP contribution in [-0.4, -0.2) is 17.7 Å². The van der Waals surface area contributed by atoms with Crippen LogP contribution in [0.15, 0.2) is 33.9 Å². The molecule has 1 rings (SSSR count). The molecule has 0 aromatic rings. The van der Waals surface area contributed by atoms with E-state index in [0.29, 0.717) is 12.1 Å². The van der Waals surface area contributed by atoms with Gasteiger partial charge in [0.05, 0.1) is 11.2 Å². The van der Waals surface area contributed by atoms with E-state index in [9.17, 15) is 9.59 Å². The van der Waals surface area contributed by atoms with Crippen molar-refractivity contribution in [2.45, 2.75) is 25.8 Å². The number of rotatable bonds is 3. The molecule has 0 amide bonds. The lowest BCUT2D eigenvalue weighted by atomic mass is 9.81. The molecule has 0 N–H and O–H groups in total. The van der Waals surface area contributed by atoms with E-state index in [1.165, 1.54) is 6.08 Å². The van der Waals surface area contributed by atoms with Gasteiger partial charge in [0, 0.05) is 0 Å². The standard InChI is InChI=1S/C11H12N2O2/c1-9(2)11(13-8-15)5-3-10(4-6-11)12-7-14/h3-5,9H,6H2,1-2H3. The normalized spacial score (nSPS) is 24.1. The van der Waals surface area contributed by atoms with Gasteiger partial charge in [0.1, 0.15) is 0 Å². The molecule has 1 atom stereocenters. The fraction of sp³-hybridized carbons (Fsp3) is 0.455. The Balaban J connectivity index is 2.98. The Morgan fingerprint density at radius 3 is 2.53 bits per heavy atom. The molecule has 0 saturated heterocycles. The van der Waals surface area contributed by atoms with Crippen molar-refractivity contribution >= 4 is 12.2 Å². The first kappa shape index (κ1) is 11.3. The van der Waals surface area contributed by atoms with E-state index in [-0.39, 0.29) is 5.92 Å². The minimum absolute atomic E-state index is 0.188. The Kier molecular flexibility index (Phi) is 3.51. The molecular weight excluding hydrogens is 192 g/mol. The fourth-order valence-corrected chi connectivity index (χ4v) is 1.49. The number of hydrogen-bond donors (Lipinski definition) is 0. The molecule has 1 unspecified atom stereocenters. The van der Waals surface area contributed by atoms with Crippen molar-refractivity contribution in [1.82, 2.24) is 0 Å². The number of hydrogen-bond acceptors (Lipinski definition) is 4. The fourth-order valence-electron chi connectivity index (χ4n) is 1.49. The number of nitrogens with zero attached hydrogens (tertiary/aromatic N) is 2. The summed E-state index contributed by atoms with van der Waals surface area (Å²) < 4.78 is 0. The maximum Gasteiger partial charge on any atom is 0.240 e. The molecule has 0 spiro atoms. The average molecular weight is 204 g/mol. The van der Waals surface area contributed by atoms with Crippen molar-refractivity contribution in [3.8, 4) is 0 Å². The van der Waals surface area contributed by atoms with Gasteiger partial charge in [0.25, 0.3) is 0 Å². The molecule has 0 aromatic carbocycles. The summed E-state index contributed by atoms with van der Waals surface area (Å²) in [6.45, 7) is 3.96. The van der Waals surface area contributed by atoms with E-state index >= 15 is 0 Å². The van der Waals surface area contributed by atoms with Crippen molar-refractivity contribution in [3.05, 3.63) is 23.9 Å². The molecule has 1 aliphatic carbocycles. The van der Waals surface area contributed by atoms with Gasteiger partial charge in [-0.1, -0.05) is 26.0 Å². The first-order valence-electron chi connectivity index (χ1n) is 4.71. The molecule has 0 bridgehead atoms. The topological polar surface area (TPSA) is 58.9 Å². The number of carbonyl (C=O) groups excluding carboxylic acids is 2. The second-order valence-corrected chi connectivity index (χ2v) is 3.72. The van der Waals surface area contributed by atoms with Gasteiger partial charge in [-0.05, 0) is 18.4 Å².